The number of hydrogen-bond donors (Lipinski definition) is 3. The van der Waals surface area contributed by atoms with Crippen LogP contribution in [0.3, 0.4) is 0 Å². The molecule has 1 fully saturated rings. The summed E-state index contributed by atoms with van der Waals surface area (Å²) in [6.07, 6.45) is -9.88. The number of rotatable bonds is 3. The second kappa shape index (κ2) is 9.80. The lowest BCUT2D eigenvalue weighted by Gasteiger charge is -2.23. The summed E-state index contributed by atoms with van der Waals surface area (Å²) in [5, 5.41) is 12.5. The highest BCUT2D eigenvalue weighted by Gasteiger charge is 2.38. The number of alkyl halides is 6. The largest absolute Gasteiger partial charge is 0.573 e. The third kappa shape index (κ3) is 8.63. The van der Waals surface area contributed by atoms with Gasteiger partial charge in [-0.05, 0) is 12.1 Å². The van der Waals surface area contributed by atoms with Crippen molar-refractivity contribution in [3.8, 4) is 5.75 Å². The van der Waals surface area contributed by atoms with Gasteiger partial charge in [0.05, 0.1) is 23.9 Å². The summed E-state index contributed by atoms with van der Waals surface area (Å²) in [5.74, 6) is -3.58. The molecule has 0 bridgehead atoms. The number of amides is 1. The van der Waals surface area contributed by atoms with E-state index >= 15 is 0 Å². The molecule has 158 valence electrons. The summed E-state index contributed by atoms with van der Waals surface area (Å²) in [6, 6.07) is 2.76. The first-order valence-electron chi connectivity index (χ1n) is 7.27. The Morgan fingerprint density at radius 2 is 1.86 bits per heavy atom. The van der Waals surface area contributed by atoms with Crippen LogP contribution in [0.4, 0.5) is 32.0 Å². The SMILES string of the molecule is O=C(Nc1ccc(OC(F)(F)F)cc1Cl)C1COCCN1.O=C(O)C(F)(F)F. The molecule has 0 saturated carbocycles. The van der Waals surface area contributed by atoms with Crippen LogP contribution in [-0.4, -0.2) is 55.3 Å². The molecular formula is C14H13ClF6N2O5. The van der Waals surface area contributed by atoms with Crippen molar-refractivity contribution >= 4 is 29.2 Å². The Bertz CT molecular complexity index is 692. The molecular weight excluding hydrogens is 426 g/mol. The fourth-order valence-electron chi connectivity index (χ4n) is 1.75. The quantitative estimate of drug-likeness (QED) is 0.628. The summed E-state index contributed by atoms with van der Waals surface area (Å²) in [7, 11) is 0. The normalized spacial score (nSPS) is 17.2. The van der Waals surface area contributed by atoms with E-state index in [0.29, 0.717) is 13.2 Å². The zero-order valence-corrected chi connectivity index (χ0v) is 14.4. The minimum Gasteiger partial charge on any atom is -0.475 e. The van der Waals surface area contributed by atoms with Crippen LogP contribution in [0, 0.1) is 0 Å². The first kappa shape index (κ1) is 23.8. The van der Waals surface area contributed by atoms with Gasteiger partial charge in [-0.2, -0.15) is 13.2 Å². The first-order valence-corrected chi connectivity index (χ1v) is 7.65. The van der Waals surface area contributed by atoms with Crippen LogP contribution in [0.5, 0.6) is 5.75 Å². The molecule has 14 heteroatoms. The van der Waals surface area contributed by atoms with Crippen LogP contribution in [0.25, 0.3) is 0 Å². The lowest BCUT2D eigenvalue weighted by molar-refractivity contribution is -0.274. The highest BCUT2D eigenvalue weighted by Crippen LogP contribution is 2.30. The van der Waals surface area contributed by atoms with Crippen molar-refractivity contribution in [2.75, 3.05) is 25.1 Å². The second-order valence-corrected chi connectivity index (χ2v) is 5.47. The molecule has 3 N–H and O–H groups in total. The summed E-state index contributed by atoms with van der Waals surface area (Å²) >= 11 is 5.83. The number of benzene rings is 1. The van der Waals surface area contributed by atoms with E-state index in [1.807, 2.05) is 0 Å². The molecule has 1 saturated heterocycles. The van der Waals surface area contributed by atoms with Crippen LogP contribution in [0.15, 0.2) is 18.2 Å². The van der Waals surface area contributed by atoms with E-state index in [-0.39, 0.29) is 23.2 Å². The average molecular weight is 439 g/mol. The van der Waals surface area contributed by atoms with Gasteiger partial charge in [-0.15, -0.1) is 13.2 Å². The number of hydrogen-bond acceptors (Lipinski definition) is 5. The molecule has 1 unspecified atom stereocenters. The van der Waals surface area contributed by atoms with E-state index < -0.39 is 30.3 Å². The molecule has 2 rings (SSSR count). The van der Waals surface area contributed by atoms with Gasteiger partial charge in [0, 0.05) is 12.6 Å². The van der Waals surface area contributed by atoms with E-state index in [2.05, 4.69) is 15.4 Å². The smallest absolute Gasteiger partial charge is 0.475 e. The maximum Gasteiger partial charge on any atom is 0.573 e. The maximum atomic E-state index is 12.1. The van der Waals surface area contributed by atoms with Gasteiger partial charge in [0.25, 0.3) is 0 Å². The Hall–Kier alpha value is -2.25. The number of morpholine rings is 1. The predicted molar refractivity (Wildman–Crippen MR) is 83.1 cm³/mol. The molecule has 1 aromatic rings. The highest BCUT2D eigenvalue weighted by atomic mass is 35.5. The first-order chi connectivity index (χ1) is 12.8. The highest BCUT2D eigenvalue weighted by molar-refractivity contribution is 6.33. The molecule has 1 aliphatic rings. The molecule has 0 spiro atoms. The third-order valence-corrected chi connectivity index (χ3v) is 3.23. The Balaban J connectivity index is 0.000000480. The summed E-state index contributed by atoms with van der Waals surface area (Å²) in [4.78, 5) is 20.8. The van der Waals surface area contributed by atoms with Gasteiger partial charge in [-0.1, -0.05) is 11.6 Å². The monoisotopic (exact) mass is 438 g/mol. The number of aliphatic carboxylic acids is 1. The van der Waals surface area contributed by atoms with Gasteiger partial charge in [0.1, 0.15) is 11.8 Å². The summed E-state index contributed by atoms with van der Waals surface area (Å²) in [5.41, 5.74) is 0.198. The molecule has 28 heavy (non-hydrogen) atoms. The zero-order chi connectivity index (χ0) is 21.5. The van der Waals surface area contributed by atoms with E-state index in [9.17, 15) is 31.1 Å². The van der Waals surface area contributed by atoms with E-state index in [4.69, 9.17) is 26.2 Å². The average Bonchev–Trinajstić information content (AvgIpc) is 2.56. The second-order valence-electron chi connectivity index (χ2n) is 5.06. The number of ether oxygens (including phenoxy) is 2. The number of carbonyl (C=O) groups is 2. The number of carboxylic acids is 1. The Morgan fingerprint density at radius 1 is 1.25 bits per heavy atom. The molecule has 1 atom stereocenters. The lowest BCUT2D eigenvalue weighted by Crippen LogP contribution is -2.48. The van der Waals surface area contributed by atoms with E-state index in [1.54, 1.807) is 0 Å². The number of carbonyl (C=O) groups excluding carboxylic acids is 1. The van der Waals surface area contributed by atoms with Crippen LogP contribution in [0.2, 0.25) is 5.02 Å². The Kier molecular flexibility index (Phi) is 8.32. The Morgan fingerprint density at radius 3 is 2.29 bits per heavy atom. The topological polar surface area (TPSA) is 96.9 Å². The fourth-order valence-corrected chi connectivity index (χ4v) is 1.97. The van der Waals surface area contributed by atoms with Crippen molar-refractivity contribution in [3.63, 3.8) is 0 Å². The van der Waals surface area contributed by atoms with Gasteiger partial charge in [-0.25, -0.2) is 4.79 Å². The van der Waals surface area contributed by atoms with Crippen LogP contribution in [-0.2, 0) is 14.3 Å². The number of carboxylic acid groups (broad SMARTS) is 1. The molecule has 7 nitrogen and oxygen atoms in total. The third-order valence-electron chi connectivity index (χ3n) is 2.91. The van der Waals surface area contributed by atoms with Gasteiger partial charge in [0.2, 0.25) is 5.91 Å². The van der Waals surface area contributed by atoms with Crippen LogP contribution < -0.4 is 15.4 Å². The molecule has 0 radical (unpaired) electrons. The minimum absolute atomic E-state index is 0.0539. The standard InChI is InChI=1S/C12H12ClF3N2O3.C2HF3O2/c13-8-5-7(21-12(14,15)16)1-2-9(8)18-11(19)10-6-20-4-3-17-10;3-2(4,5)1(6)7/h1-2,5,10,17H,3-4,6H2,(H,18,19);(H,6,7). The number of halogens is 7. The molecule has 1 amide bonds. The van der Waals surface area contributed by atoms with E-state index in [0.717, 1.165) is 12.1 Å². The van der Waals surface area contributed by atoms with Gasteiger partial charge in [-0.3, -0.25) is 4.79 Å². The zero-order valence-electron chi connectivity index (χ0n) is 13.7. The Labute approximate surface area is 158 Å². The summed E-state index contributed by atoms with van der Waals surface area (Å²) < 4.78 is 76.8. The summed E-state index contributed by atoms with van der Waals surface area (Å²) in [6.45, 7) is 1.29. The van der Waals surface area contributed by atoms with Crippen molar-refractivity contribution in [1.29, 1.82) is 0 Å². The minimum atomic E-state index is -5.08. The maximum absolute atomic E-state index is 12.1. The van der Waals surface area contributed by atoms with Crippen molar-refractivity contribution < 1.29 is 50.5 Å². The molecule has 1 aliphatic heterocycles. The number of anilines is 1. The predicted octanol–water partition coefficient (Wildman–Crippen LogP) is 2.80. The lowest BCUT2D eigenvalue weighted by atomic mass is 10.2. The van der Waals surface area contributed by atoms with Crippen molar-refractivity contribution in [2.45, 2.75) is 18.6 Å². The van der Waals surface area contributed by atoms with Crippen molar-refractivity contribution in [3.05, 3.63) is 23.2 Å². The van der Waals surface area contributed by atoms with Crippen LogP contribution >= 0.6 is 11.6 Å². The molecule has 0 aliphatic carbocycles. The van der Waals surface area contributed by atoms with E-state index in [1.165, 1.54) is 6.07 Å². The fraction of sp³-hybridized carbons (Fsp3) is 0.429. The van der Waals surface area contributed by atoms with Gasteiger partial charge >= 0.3 is 18.5 Å². The van der Waals surface area contributed by atoms with Gasteiger partial charge < -0.3 is 25.2 Å². The van der Waals surface area contributed by atoms with Gasteiger partial charge in [0.15, 0.2) is 0 Å². The number of nitrogens with one attached hydrogen (secondary N) is 2. The molecule has 1 heterocycles. The van der Waals surface area contributed by atoms with Crippen LogP contribution in [0.1, 0.15) is 0 Å². The molecule has 0 aromatic heterocycles. The molecule has 1 aromatic carbocycles. The van der Waals surface area contributed by atoms with Crippen molar-refractivity contribution in [2.24, 2.45) is 0 Å². The van der Waals surface area contributed by atoms with Crippen molar-refractivity contribution in [1.82, 2.24) is 5.32 Å².